The van der Waals surface area contributed by atoms with Gasteiger partial charge >= 0.3 is 0 Å². The van der Waals surface area contributed by atoms with Gasteiger partial charge in [0.2, 0.25) is 5.91 Å². The highest BCUT2D eigenvalue weighted by molar-refractivity contribution is 5.85. The molecule has 0 spiro atoms. The third-order valence-corrected chi connectivity index (χ3v) is 7.00. The lowest BCUT2D eigenvalue weighted by Crippen LogP contribution is -2.52. The molecular formula is C25H30FN3O. The average molecular weight is 408 g/mol. The van der Waals surface area contributed by atoms with E-state index in [0.717, 1.165) is 42.3 Å². The zero-order valence-electron chi connectivity index (χ0n) is 18.0. The number of rotatable bonds is 5. The zero-order chi connectivity index (χ0) is 21.4. The number of halogens is 1. The fraction of sp³-hybridized carbons (Fsp3) is 0.440. The Bertz CT molecular complexity index is 1050. The summed E-state index contributed by atoms with van der Waals surface area (Å²) < 4.78 is 15.1. The van der Waals surface area contributed by atoms with Gasteiger partial charge in [-0.2, -0.15) is 5.10 Å². The molecule has 1 N–H and O–H groups in total. The smallest absolute Gasteiger partial charge is 0.226 e. The summed E-state index contributed by atoms with van der Waals surface area (Å²) in [5, 5.41) is 8.64. The number of aromatic nitrogens is 2. The van der Waals surface area contributed by atoms with Crippen molar-refractivity contribution >= 4 is 16.8 Å². The van der Waals surface area contributed by atoms with E-state index in [1.165, 1.54) is 24.1 Å². The van der Waals surface area contributed by atoms with Crippen LogP contribution in [-0.4, -0.2) is 22.2 Å². The van der Waals surface area contributed by atoms with Crippen molar-refractivity contribution in [1.82, 2.24) is 15.1 Å². The Morgan fingerprint density at radius 2 is 1.83 bits per heavy atom. The van der Waals surface area contributed by atoms with Gasteiger partial charge in [0.15, 0.2) is 0 Å². The van der Waals surface area contributed by atoms with Crippen LogP contribution in [0.2, 0.25) is 0 Å². The predicted molar refractivity (Wildman–Crippen MR) is 118 cm³/mol. The monoisotopic (exact) mass is 407 g/mol. The van der Waals surface area contributed by atoms with Crippen LogP contribution < -0.4 is 5.32 Å². The highest BCUT2D eigenvalue weighted by Gasteiger charge is 2.50. The topological polar surface area (TPSA) is 46.9 Å². The summed E-state index contributed by atoms with van der Waals surface area (Å²) in [5.74, 6) is -0.140. The molecule has 0 unspecified atom stereocenters. The SMILES string of the molecule is CCNC(=O)C(C)(C)C1(c2ccc3c(cnn3-c3ccc(F)cc3)c2)CCCCC1. The van der Waals surface area contributed by atoms with Gasteiger partial charge in [-0.1, -0.05) is 39.2 Å². The van der Waals surface area contributed by atoms with E-state index in [1.54, 1.807) is 12.1 Å². The van der Waals surface area contributed by atoms with E-state index in [9.17, 15) is 9.18 Å². The maximum atomic E-state index is 13.3. The zero-order valence-corrected chi connectivity index (χ0v) is 18.0. The molecule has 4 rings (SSSR count). The van der Waals surface area contributed by atoms with Gasteiger partial charge in [0.1, 0.15) is 5.82 Å². The molecule has 1 saturated carbocycles. The van der Waals surface area contributed by atoms with Gasteiger partial charge in [0, 0.05) is 17.3 Å². The lowest BCUT2D eigenvalue weighted by Gasteiger charge is -2.48. The molecule has 0 radical (unpaired) electrons. The standard InChI is InChI=1S/C25H30FN3O/c1-4-27-23(30)24(2,3)25(14-6-5-7-15-25)19-8-13-22-18(16-19)17-28-29(22)21-11-9-20(26)10-12-21/h8-13,16-17H,4-7,14-15H2,1-3H3,(H,27,30). The average Bonchev–Trinajstić information content (AvgIpc) is 3.18. The van der Waals surface area contributed by atoms with E-state index in [2.05, 4.69) is 42.5 Å². The second-order valence-electron chi connectivity index (χ2n) is 8.93. The van der Waals surface area contributed by atoms with Crippen LogP contribution in [0.3, 0.4) is 0 Å². The number of benzene rings is 2. The van der Waals surface area contributed by atoms with Crippen LogP contribution in [0.15, 0.2) is 48.7 Å². The van der Waals surface area contributed by atoms with Crippen LogP contribution in [0.1, 0.15) is 58.4 Å². The quantitative estimate of drug-likeness (QED) is 0.605. The highest BCUT2D eigenvalue weighted by Crippen LogP contribution is 2.52. The molecule has 0 aliphatic heterocycles. The van der Waals surface area contributed by atoms with Gasteiger partial charge < -0.3 is 5.32 Å². The molecule has 1 fully saturated rings. The normalized spacial score (nSPS) is 16.5. The first-order chi connectivity index (χ1) is 14.4. The number of hydrogen-bond acceptors (Lipinski definition) is 2. The van der Waals surface area contributed by atoms with Crippen LogP contribution in [0.5, 0.6) is 0 Å². The second kappa shape index (κ2) is 7.86. The molecule has 0 atom stereocenters. The Balaban J connectivity index is 1.79. The molecule has 0 saturated heterocycles. The van der Waals surface area contributed by atoms with E-state index in [0.29, 0.717) is 6.54 Å². The summed E-state index contributed by atoms with van der Waals surface area (Å²) in [4.78, 5) is 13.1. The van der Waals surface area contributed by atoms with E-state index in [4.69, 9.17) is 0 Å². The van der Waals surface area contributed by atoms with Gasteiger partial charge in [-0.15, -0.1) is 0 Å². The van der Waals surface area contributed by atoms with Gasteiger partial charge in [-0.3, -0.25) is 4.79 Å². The minimum Gasteiger partial charge on any atom is -0.356 e. The second-order valence-corrected chi connectivity index (χ2v) is 8.93. The molecule has 1 heterocycles. The molecule has 158 valence electrons. The number of carbonyl (C=O) groups is 1. The molecule has 1 aliphatic carbocycles. The Morgan fingerprint density at radius 1 is 1.13 bits per heavy atom. The number of carbonyl (C=O) groups excluding carboxylic acids is 1. The lowest BCUT2D eigenvalue weighted by atomic mass is 9.55. The van der Waals surface area contributed by atoms with Crippen molar-refractivity contribution in [1.29, 1.82) is 0 Å². The fourth-order valence-corrected chi connectivity index (χ4v) is 5.15. The van der Waals surface area contributed by atoms with Crippen LogP contribution in [-0.2, 0) is 10.2 Å². The Labute approximate surface area is 177 Å². The molecule has 1 amide bonds. The van der Waals surface area contributed by atoms with Crippen molar-refractivity contribution in [3.63, 3.8) is 0 Å². The summed E-state index contributed by atoms with van der Waals surface area (Å²) in [7, 11) is 0. The van der Waals surface area contributed by atoms with Crippen LogP contribution in [0.4, 0.5) is 4.39 Å². The van der Waals surface area contributed by atoms with Crippen molar-refractivity contribution in [2.45, 2.75) is 58.3 Å². The highest BCUT2D eigenvalue weighted by atomic mass is 19.1. The largest absolute Gasteiger partial charge is 0.356 e. The number of hydrogen-bond donors (Lipinski definition) is 1. The Morgan fingerprint density at radius 3 is 2.50 bits per heavy atom. The summed E-state index contributed by atoms with van der Waals surface area (Å²) >= 11 is 0. The van der Waals surface area contributed by atoms with Crippen molar-refractivity contribution in [2.75, 3.05) is 6.54 Å². The van der Waals surface area contributed by atoms with Crippen molar-refractivity contribution in [3.05, 3.63) is 60.0 Å². The minimum absolute atomic E-state index is 0.119. The molecule has 3 aromatic rings. The third-order valence-electron chi connectivity index (χ3n) is 7.00. The van der Waals surface area contributed by atoms with Crippen molar-refractivity contribution < 1.29 is 9.18 Å². The Kier molecular flexibility index (Phi) is 5.39. The summed E-state index contributed by atoms with van der Waals surface area (Å²) in [5.41, 5.74) is 2.31. The number of nitrogens with one attached hydrogen (secondary N) is 1. The fourth-order valence-electron chi connectivity index (χ4n) is 5.15. The summed E-state index contributed by atoms with van der Waals surface area (Å²) in [6.07, 6.45) is 7.37. The molecule has 5 heteroatoms. The third kappa shape index (κ3) is 3.30. The molecular weight excluding hydrogens is 377 g/mol. The number of amides is 1. The van der Waals surface area contributed by atoms with Crippen LogP contribution >= 0.6 is 0 Å². The molecule has 30 heavy (non-hydrogen) atoms. The van der Waals surface area contributed by atoms with E-state index < -0.39 is 5.41 Å². The summed E-state index contributed by atoms with van der Waals surface area (Å²) in [6, 6.07) is 12.8. The number of nitrogens with zero attached hydrogens (tertiary/aromatic N) is 2. The maximum absolute atomic E-state index is 13.3. The first-order valence-electron chi connectivity index (χ1n) is 10.9. The Hall–Kier alpha value is -2.69. The van der Waals surface area contributed by atoms with Gasteiger partial charge in [0.25, 0.3) is 0 Å². The lowest BCUT2D eigenvalue weighted by molar-refractivity contribution is -0.134. The van der Waals surface area contributed by atoms with E-state index >= 15 is 0 Å². The molecule has 4 nitrogen and oxygen atoms in total. The van der Waals surface area contributed by atoms with E-state index in [1.807, 2.05) is 17.8 Å². The minimum atomic E-state index is -0.510. The molecule has 0 bridgehead atoms. The van der Waals surface area contributed by atoms with Crippen LogP contribution in [0.25, 0.3) is 16.6 Å². The number of fused-ring (bicyclic) bond motifs is 1. The van der Waals surface area contributed by atoms with Crippen molar-refractivity contribution in [3.8, 4) is 5.69 Å². The molecule has 1 aromatic heterocycles. The van der Waals surface area contributed by atoms with Gasteiger partial charge in [-0.05, 0) is 61.7 Å². The van der Waals surface area contributed by atoms with Crippen LogP contribution in [0, 0.1) is 11.2 Å². The first kappa shape index (κ1) is 20.6. The maximum Gasteiger partial charge on any atom is 0.226 e. The van der Waals surface area contributed by atoms with E-state index in [-0.39, 0.29) is 17.1 Å². The molecule has 2 aromatic carbocycles. The van der Waals surface area contributed by atoms with Gasteiger partial charge in [0.05, 0.1) is 22.8 Å². The van der Waals surface area contributed by atoms with Gasteiger partial charge in [-0.25, -0.2) is 9.07 Å². The predicted octanol–water partition coefficient (Wildman–Crippen LogP) is 5.53. The van der Waals surface area contributed by atoms with Crippen molar-refractivity contribution in [2.24, 2.45) is 5.41 Å². The first-order valence-corrected chi connectivity index (χ1v) is 10.9. The summed E-state index contributed by atoms with van der Waals surface area (Å²) in [6.45, 7) is 6.80. The molecule has 1 aliphatic rings.